The molecule has 7 heteroatoms. The first-order valence-corrected chi connectivity index (χ1v) is 8.93. The van der Waals surface area contributed by atoms with Gasteiger partial charge in [-0.3, -0.25) is 14.9 Å². The lowest BCUT2D eigenvalue weighted by Crippen LogP contribution is -2.21. The van der Waals surface area contributed by atoms with Gasteiger partial charge in [0, 0.05) is 11.8 Å². The van der Waals surface area contributed by atoms with E-state index in [1.165, 1.54) is 25.3 Å². The van der Waals surface area contributed by atoms with Gasteiger partial charge in [-0.1, -0.05) is 48.5 Å². The van der Waals surface area contributed by atoms with E-state index in [1.807, 2.05) is 54.6 Å². The molecule has 0 radical (unpaired) electrons. The SMILES string of the molecule is COc1ccc([N+](=O)[O-])cc1OCC(=O)Nc1ccccc1Cc1ccccc1. The Kier molecular flexibility index (Phi) is 6.42. The summed E-state index contributed by atoms with van der Waals surface area (Å²) >= 11 is 0. The van der Waals surface area contributed by atoms with Crippen LogP contribution in [0.1, 0.15) is 11.1 Å². The van der Waals surface area contributed by atoms with Crippen molar-refractivity contribution in [2.75, 3.05) is 19.0 Å². The maximum atomic E-state index is 12.4. The maximum absolute atomic E-state index is 12.4. The number of rotatable bonds is 8. The Hall–Kier alpha value is -3.87. The average molecular weight is 392 g/mol. The third kappa shape index (κ3) is 5.32. The fourth-order valence-corrected chi connectivity index (χ4v) is 2.83. The van der Waals surface area contributed by atoms with E-state index in [2.05, 4.69) is 5.32 Å². The molecule has 1 N–H and O–H groups in total. The highest BCUT2D eigenvalue weighted by Gasteiger charge is 2.14. The highest BCUT2D eigenvalue weighted by atomic mass is 16.6. The molecule has 7 nitrogen and oxygen atoms in total. The normalized spacial score (nSPS) is 10.2. The molecule has 3 aromatic carbocycles. The molecule has 3 aromatic rings. The zero-order chi connectivity index (χ0) is 20.6. The number of amides is 1. The van der Waals surface area contributed by atoms with Crippen LogP contribution in [0.15, 0.2) is 72.8 Å². The van der Waals surface area contributed by atoms with Gasteiger partial charge in [-0.25, -0.2) is 0 Å². The number of nitro benzene ring substituents is 1. The van der Waals surface area contributed by atoms with Crippen molar-refractivity contribution in [1.29, 1.82) is 0 Å². The van der Waals surface area contributed by atoms with Crippen molar-refractivity contribution >= 4 is 17.3 Å². The van der Waals surface area contributed by atoms with Crippen molar-refractivity contribution < 1.29 is 19.2 Å². The molecule has 0 fully saturated rings. The number of hydrogen-bond acceptors (Lipinski definition) is 5. The molecule has 29 heavy (non-hydrogen) atoms. The van der Waals surface area contributed by atoms with Crippen molar-refractivity contribution in [3.8, 4) is 11.5 Å². The zero-order valence-corrected chi connectivity index (χ0v) is 15.8. The minimum Gasteiger partial charge on any atom is -0.493 e. The topological polar surface area (TPSA) is 90.7 Å². The summed E-state index contributed by atoms with van der Waals surface area (Å²) in [4.78, 5) is 22.8. The predicted octanol–water partition coefficient (Wildman–Crippen LogP) is 4.21. The second-order valence-corrected chi connectivity index (χ2v) is 6.25. The molecule has 1 amide bonds. The van der Waals surface area contributed by atoms with Gasteiger partial charge < -0.3 is 14.8 Å². The first-order chi connectivity index (χ1) is 14.1. The molecular formula is C22H20N2O5. The van der Waals surface area contributed by atoms with Crippen LogP contribution in [-0.2, 0) is 11.2 Å². The summed E-state index contributed by atoms with van der Waals surface area (Å²) in [5, 5.41) is 13.8. The van der Waals surface area contributed by atoms with Gasteiger partial charge in [-0.15, -0.1) is 0 Å². The van der Waals surface area contributed by atoms with Gasteiger partial charge in [0.1, 0.15) is 0 Å². The predicted molar refractivity (Wildman–Crippen MR) is 109 cm³/mol. The summed E-state index contributed by atoms with van der Waals surface area (Å²) < 4.78 is 10.6. The van der Waals surface area contributed by atoms with Crippen LogP contribution >= 0.6 is 0 Å². The minimum atomic E-state index is -0.536. The van der Waals surface area contributed by atoms with Crippen molar-refractivity contribution in [3.05, 3.63) is 94.0 Å². The molecule has 0 saturated heterocycles. The van der Waals surface area contributed by atoms with E-state index in [0.29, 0.717) is 17.9 Å². The molecule has 0 heterocycles. The van der Waals surface area contributed by atoms with Crippen LogP contribution in [0, 0.1) is 10.1 Å². The molecule has 0 bridgehead atoms. The van der Waals surface area contributed by atoms with Gasteiger partial charge in [-0.2, -0.15) is 0 Å². The number of nitrogens with one attached hydrogen (secondary N) is 1. The van der Waals surface area contributed by atoms with Crippen LogP contribution in [0.4, 0.5) is 11.4 Å². The van der Waals surface area contributed by atoms with Crippen molar-refractivity contribution in [3.63, 3.8) is 0 Å². The number of para-hydroxylation sites is 1. The summed E-state index contributed by atoms with van der Waals surface area (Å²) in [6.07, 6.45) is 0.677. The van der Waals surface area contributed by atoms with Gasteiger partial charge in [0.2, 0.25) is 0 Å². The highest BCUT2D eigenvalue weighted by molar-refractivity contribution is 5.92. The second-order valence-electron chi connectivity index (χ2n) is 6.25. The number of methoxy groups -OCH3 is 1. The molecule has 0 aromatic heterocycles. The molecule has 0 aliphatic rings. The molecule has 148 valence electrons. The number of nitro groups is 1. The van der Waals surface area contributed by atoms with Gasteiger partial charge in [0.05, 0.1) is 18.1 Å². The lowest BCUT2D eigenvalue weighted by Gasteiger charge is -2.13. The molecule has 0 aliphatic heterocycles. The largest absolute Gasteiger partial charge is 0.493 e. The molecule has 3 rings (SSSR count). The maximum Gasteiger partial charge on any atom is 0.273 e. The number of nitrogens with zero attached hydrogens (tertiary/aromatic N) is 1. The van der Waals surface area contributed by atoms with Crippen LogP contribution in [0.2, 0.25) is 0 Å². The number of non-ortho nitro benzene ring substituents is 1. The summed E-state index contributed by atoms with van der Waals surface area (Å²) in [5.74, 6) is 0.0707. The summed E-state index contributed by atoms with van der Waals surface area (Å²) in [5.41, 5.74) is 2.65. The molecule has 0 saturated carbocycles. The van der Waals surface area contributed by atoms with Gasteiger partial charge in [0.25, 0.3) is 11.6 Å². The van der Waals surface area contributed by atoms with Gasteiger partial charge >= 0.3 is 0 Å². The van der Waals surface area contributed by atoms with Crippen molar-refractivity contribution in [2.24, 2.45) is 0 Å². The first kappa shape index (κ1) is 19.9. The quantitative estimate of drug-likeness (QED) is 0.458. The lowest BCUT2D eigenvalue weighted by molar-refractivity contribution is -0.385. The third-order valence-corrected chi connectivity index (χ3v) is 4.25. The molecule has 0 aliphatic carbocycles. The molecular weight excluding hydrogens is 372 g/mol. The van der Waals surface area contributed by atoms with Crippen LogP contribution in [0.5, 0.6) is 11.5 Å². The minimum absolute atomic E-state index is 0.134. The Morgan fingerprint density at radius 1 is 1.00 bits per heavy atom. The van der Waals surface area contributed by atoms with Crippen molar-refractivity contribution in [2.45, 2.75) is 6.42 Å². The fourth-order valence-electron chi connectivity index (χ4n) is 2.83. The lowest BCUT2D eigenvalue weighted by atomic mass is 10.0. The average Bonchev–Trinajstić information content (AvgIpc) is 2.74. The van der Waals surface area contributed by atoms with E-state index in [4.69, 9.17) is 9.47 Å². The summed E-state index contributed by atoms with van der Waals surface area (Å²) in [7, 11) is 1.42. The van der Waals surface area contributed by atoms with E-state index in [0.717, 1.165) is 11.1 Å². The smallest absolute Gasteiger partial charge is 0.273 e. The van der Waals surface area contributed by atoms with Gasteiger partial charge in [0.15, 0.2) is 18.1 Å². The number of hydrogen-bond donors (Lipinski definition) is 1. The van der Waals surface area contributed by atoms with E-state index < -0.39 is 4.92 Å². The van der Waals surface area contributed by atoms with Gasteiger partial charge in [-0.05, 0) is 29.7 Å². The summed E-state index contributed by atoms with van der Waals surface area (Å²) in [6, 6.07) is 21.4. The summed E-state index contributed by atoms with van der Waals surface area (Å²) in [6.45, 7) is -0.308. The number of benzene rings is 3. The Morgan fingerprint density at radius 3 is 2.45 bits per heavy atom. The van der Waals surface area contributed by atoms with Crippen LogP contribution in [0.3, 0.4) is 0 Å². The van der Waals surface area contributed by atoms with E-state index in [1.54, 1.807) is 0 Å². The third-order valence-electron chi connectivity index (χ3n) is 4.25. The Labute approximate surface area is 168 Å². The van der Waals surface area contributed by atoms with Crippen LogP contribution in [0.25, 0.3) is 0 Å². The number of anilines is 1. The highest BCUT2D eigenvalue weighted by Crippen LogP contribution is 2.31. The zero-order valence-electron chi connectivity index (χ0n) is 15.8. The number of ether oxygens (including phenoxy) is 2. The van der Waals surface area contributed by atoms with E-state index in [9.17, 15) is 14.9 Å². The van der Waals surface area contributed by atoms with Crippen LogP contribution < -0.4 is 14.8 Å². The first-order valence-electron chi connectivity index (χ1n) is 8.93. The number of carbonyl (C=O) groups is 1. The van der Waals surface area contributed by atoms with E-state index in [-0.39, 0.29) is 24.0 Å². The standard InChI is InChI=1S/C22H20N2O5/c1-28-20-12-11-18(24(26)27)14-21(20)29-15-22(25)23-19-10-6-5-9-17(19)13-16-7-3-2-4-8-16/h2-12,14H,13,15H2,1H3,(H,23,25). The molecule has 0 spiro atoms. The second kappa shape index (κ2) is 9.36. The molecule has 0 atom stereocenters. The van der Waals surface area contributed by atoms with Crippen LogP contribution in [-0.4, -0.2) is 24.5 Å². The Morgan fingerprint density at radius 2 is 1.72 bits per heavy atom. The number of carbonyl (C=O) groups excluding carboxylic acids is 1. The van der Waals surface area contributed by atoms with E-state index >= 15 is 0 Å². The van der Waals surface area contributed by atoms with Crippen molar-refractivity contribution in [1.82, 2.24) is 0 Å². The molecule has 0 unspecified atom stereocenters. The Bertz CT molecular complexity index is 1010. The Balaban J connectivity index is 1.68. The monoisotopic (exact) mass is 392 g/mol. The fraction of sp³-hybridized carbons (Fsp3) is 0.136.